The molecule has 212 valence electrons. The van der Waals surface area contributed by atoms with Crippen LogP contribution in [0.1, 0.15) is 28.0 Å². The number of rotatable bonds is 11. The lowest BCUT2D eigenvalue weighted by Crippen LogP contribution is -2.22. The van der Waals surface area contributed by atoms with Crippen molar-refractivity contribution in [1.29, 1.82) is 0 Å². The minimum absolute atomic E-state index is 0.117. The fraction of sp³-hybridized carbons (Fsp3) is 0.265. The van der Waals surface area contributed by atoms with Crippen LogP contribution in [0.15, 0.2) is 77.2 Å². The summed E-state index contributed by atoms with van der Waals surface area (Å²) >= 11 is 0. The number of aliphatic hydroxyl groups excluding tert-OH is 1. The number of esters is 1. The van der Waals surface area contributed by atoms with Crippen LogP contribution in [0, 0.1) is 25.7 Å². The third-order valence-electron chi connectivity index (χ3n) is 6.47. The van der Waals surface area contributed by atoms with Gasteiger partial charge in [-0.15, -0.1) is 0 Å². The third-order valence-corrected chi connectivity index (χ3v) is 6.47. The monoisotopic (exact) mass is 553 g/mol. The number of hydrogen-bond acceptors (Lipinski definition) is 7. The molecule has 0 saturated heterocycles. The molecule has 7 nitrogen and oxygen atoms in total. The maximum Gasteiger partial charge on any atom is 0.343 e. The molecule has 1 heterocycles. The van der Waals surface area contributed by atoms with Gasteiger partial charge in [0.2, 0.25) is 0 Å². The highest BCUT2D eigenvalue weighted by molar-refractivity contribution is 5.87. The number of benzene rings is 3. The third kappa shape index (κ3) is 8.24. The Morgan fingerprint density at radius 3 is 2.51 bits per heavy atom. The Bertz CT molecular complexity index is 1570. The number of likely N-dealkylation sites (N-methyl/N-ethyl adjacent to an activating group) is 1. The van der Waals surface area contributed by atoms with Crippen molar-refractivity contribution in [3.63, 3.8) is 0 Å². The molecule has 41 heavy (non-hydrogen) atoms. The summed E-state index contributed by atoms with van der Waals surface area (Å²) in [5, 5.41) is 10.1. The van der Waals surface area contributed by atoms with Crippen molar-refractivity contribution >= 4 is 22.5 Å². The smallest absolute Gasteiger partial charge is 0.343 e. The number of carbonyl (C=O) groups is 1. The zero-order chi connectivity index (χ0) is 29.2. The first kappa shape index (κ1) is 29.5. The first-order valence-electron chi connectivity index (χ1n) is 13.4. The van der Waals surface area contributed by atoms with E-state index in [0.29, 0.717) is 31.2 Å². The zero-order valence-corrected chi connectivity index (χ0v) is 23.9. The van der Waals surface area contributed by atoms with Crippen molar-refractivity contribution in [3.8, 4) is 23.3 Å². The number of furan rings is 1. The van der Waals surface area contributed by atoms with Gasteiger partial charge in [-0.05, 0) is 97.8 Å². The van der Waals surface area contributed by atoms with Gasteiger partial charge in [-0.1, -0.05) is 30.0 Å². The van der Waals surface area contributed by atoms with Crippen molar-refractivity contribution < 1.29 is 28.5 Å². The predicted octanol–water partition coefficient (Wildman–Crippen LogP) is 5.39. The number of carbonyl (C=O) groups excluding carboxylic acids is 1. The first-order valence-corrected chi connectivity index (χ1v) is 13.4. The molecule has 0 saturated carbocycles. The first-order chi connectivity index (χ1) is 19.9. The van der Waals surface area contributed by atoms with Crippen molar-refractivity contribution in [3.05, 3.63) is 101 Å². The fourth-order valence-electron chi connectivity index (χ4n) is 4.30. The largest absolute Gasteiger partial charge is 0.489 e. The Balaban J connectivity index is 1.54. The molecular weight excluding hydrogens is 518 g/mol. The molecule has 0 aliphatic carbocycles. The summed E-state index contributed by atoms with van der Waals surface area (Å²) in [6.07, 6.45) is 2.07. The summed E-state index contributed by atoms with van der Waals surface area (Å²) < 4.78 is 22.0. The van der Waals surface area contributed by atoms with Gasteiger partial charge in [-0.2, -0.15) is 0 Å². The van der Waals surface area contributed by atoms with Crippen molar-refractivity contribution in [1.82, 2.24) is 4.90 Å². The van der Waals surface area contributed by atoms with Crippen LogP contribution < -0.4 is 9.47 Å². The van der Waals surface area contributed by atoms with Gasteiger partial charge in [0.15, 0.2) is 6.61 Å². The van der Waals surface area contributed by atoms with Gasteiger partial charge >= 0.3 is 5.97 Å². The molecule has 0 bridgehead atoms. The number of nitrogens with zero attached hydrogens (tertiary/aromatic N) is 1. The molecule has 4 rings (SSSR count). The molecule has 0 radical (unpaired) electrons. The van der Waals surface area contributed by atoms with Gasteiger partial charge in [0.05, 0.1) is 20.3 Å². The lowest BCUT2D eigenvalue weighted by molar-refractivity contribution is -0.142. The van der Waals surface area contributed by atoms with E-state index in [4.69, 9.17) is 19.0 Å². The highest BCUT2D eigenvalue weighted by Gasteiger charge is 2.10. The molecule has 3 aromatic carbocycles. The lowest BCUT2D eigenvalue weighted by Gasteiger charge is -2.12. The van der Waals surface area contributed by atoms with E-state index in [1.165, 1.54) is 7.11 Å². The maximum absolute atomic E-state index is 11.4. The molecule has 0 fully saturated rings. The fourth-order valence-corrected chi connectivity index (χ4v) is 4.30. The Morgan fingerprint density at radius 2 is 1.78 bits per heavy atom. The van der Waals surface area contributed by atoms with Crippen LogP contribution in [-0.4, -0.2) is 63.0 Å². The van der Waals surface area contributed by atoms with E-state index >= 15 is 0 Å². The highest BCUT2D eigenvalue weighted by atomic mass is 16.6. The van der Waals surface area contributed by atoms with E-state index in [9.17, 15) is 4.79 Å². The molecule has 4 aromatic rings. The predicted molar refractivity (Wildman–Crippen MR) is 160 cm³/mol. The van der Waals surface area contributed by atoms with E-state index < -0.39 is 5.97 Å². The van der Waals surface area contributed by atoms with Crippen LogP contribution in [0.5, 0.6) is 11.5 Å². The molecule has 1 N–H and O–H groups in total. The van der Waals surface area contributed by atoms with E-state index in [-0.39, 0.29) is 13.2 Å². The van der Waals surface area contributed by atoms with Gasteiger partial charge < -0.3 is 23.7 Å². The average Bonchev–Trinajstić information content (AvgIpc) is 3.34. The summed E-state index contributed by atoms with van der Waals surface area (Å²) in [6.45, 7) is 5.35. The molecule has 1 aromatic heterocycles. The lowest BCUT2D eigenvalue weighted by atomic mass is 9.96. The van der Waals surface area contributed by atoms with Crippen LogP contribution in [-0.2, 0) is 9.53 Å². The summed E-state index contributed by atoms with van der Waals surface area (Å²) in [5.74, 6) is 8.08. The normalized spacial score (nSPS) is 11.3. The molecule has 0 amide bonds. The second kappa shape index (κ2) is 14.2. The minimum atomic E-state index is -0.433. The van der Waals surface area contributed by atoms with Crippen LogP contribution in [0.4, 0.5) is 0 Å². The minimum Gasteiger partial charge on any atom is -0.489 e. The van der Waals surface area contributed by atoms with Crippen LogP contribution in [0.3, 0.4) is 0 Å². The Morgan fingerprint density at radius 1 is 1.00 bits per heavy atom. The SMILES string of the molecule is COC(=O)COc1ccc(OC/C=C(\c2ccc(C#CCN(C)CCO)cc2)c2ccc3oc(C)cc3c2)cc1C. The Labute approximate surface area is 240 Å². The molecular formula is C34H35NO6. The number of aryl methyl sites for hydroxylation is 2. The van der Waals surface area contributed by atoms with Gasteiger partial charge in [0.25, 0.3) is 0 Å². The number of fused-ring (bicyclic) bond motifs is 1. The molecule has 0 aliphatic rings. The second-order valence-electron chi connectivity index (χ2n) is 9.67. The van der Waals surface area contributed by atoms with Crippen molar-refractivity contribution in [2.24, 2.45) is 0 Å². The maximum atomic E-state index is 11.4. The second-order valence-corrected chi connectivity index (χ2v) is 9.67. The van der Waals surface area contributed by atoms with Gasteiger partial charge in [0.1, 0.15) is 29.4 Å². The zero-order valence-electron chi connectivity index (χ0n) is 23.9. The number of aliphatic hydroxyl groups is 1. The molecule has 0 spiro atoms. The van der Waals surface area contributed by atoms with Crippen molar-refractivity contribution in [2.75, 3.05) is 47.1 Å². The highest BCUT2D eigenvalue weighted by Crippen LogP contribution is 2.29. The van der Waals surface area contributed by atoms with Crippen molar-refractivity contribution in [2.45, 2.75) is 13.8 Å². The quantitative estimate of drug-likeness (QED) is 0.197. The average molecular weight is 554 g/mol. The molecule has 0 atom stereocenters. The van der Waals surface area contributed by atoms with E-state index in [0.717, 1.165) is 44.6 Å². The Hall–Kier alpha value is -4.51. The number of methoxy groups -OCH3 is 1. The topological polar surface area (TPSA) is 81.4 Å². The van der Waals surface area contributed by atoms with Crippen LogP contribution in [0.2, 0.25) is 0 Å². The molecule has 0 aliphatic heterocycles. The van der Waals surface area contributed by atoms with Gasteiger partial charge in [0, 0.05) is 17.5 Å². The van der Waals surface area contributed by atoms with Crippen LogP contribution in [0.25, 0.3) is 16.5 Å². The van der Waals surface area contributed by atoms with E-state index in [1.807, 2.05) is 62.2 Å². The molecule has 0 unspecified atom stereocenters. The van der Waals surface area contributed by atoms with Gasteiger partial charge in [-0.3, -0.25) is 4.90 Å². The standard InChI is InChI=1S/C34H35NO6/c1-24-20-30(12-14-32(24)40-23-34(37)38-4)39-19-15-31(28-11-13-33-29(22-28)21-25(2)41-33)27-9-7-26(8-10-27)6-5-16-35(3)17-18-36/h7-15,20-22,36H,16-19,23H2,1-4H3/b31-15+. The number of hydrogen-bond donors (Lipinski definition) is 1. The van der Waals surface area contributed by atoms with Gasteiger partial charge in [-0.25, -0.2) is 4.79 Å². The summed E-state index contributed by atoms with van der Waals surface area (Å²) in [4.78, 5) is 13.4. The Kier molecular flexibility index (Phi) is 10.2. The summed E-state index contributed by atoms with van der Waals surface area (Å²) in [5.41, 5.74) is 5.75. The number of ether oxygens (including phenoxy) is 3. The van der Waals surface area contributed by atoms with Crippen LogP contribution >= 0.6 is 0 Å². The summed E-state index contributed by atoms with van der Waals surface area (Å²) in [7, 11) is 3.26. The summed E-state index contributed by atoms with van der Waals surface area (Å²) in [6, 6.07) is 21.8. The van der Waals surface area contributed by atoms with E-state index in [2.05, 4.69) is 46.9 Å². The van der Waals surface area contributed by atoms with E-state index in [1.54, 1.807) is 6.07 Å². The molecule has 7 heteroatoms.